The van der Waals surface area contributed by atoms with Crippen molar-refractivity contribution in [1.82, 2.24) is 20.0 Å². The van der Waals surface area contributed by atoms with E-state index in [0.29, 0.717) is 12.0 Å². The molecule has 26 heavy (non-hydrogen) atoms. The van der Waals surface area contributed by atoms with E-state index in [1.54, 1.807) is 0 Å². The molecule has 2 heterocycles. The number of urea groups is 1. The Balaban J connectivity index is 1.31. The second-order valence-corrected chi connectivity index (χ2v) is 7.88. The van der Waals surface area contributed by atoms with Gasteiger partial charge >= 0.3 is 6.03 Å². The summed E-state index contributed by atoms with van der Waals surface area (Å²) in [6.07, 6.45) is 2.43. The predicted molar refractivity (Wildman–Crippen MR) is 107 cm³/mol. The van der Waals surface area contributed by atoms with Crippen LogP contribution in [0.5, 0.6) is 0 Å². The number of carbonyl (C=O) groups excluding carboxylic acids is 1. The van der Waals surface area contributed by atoms with Crippen molar-refractivity contribution < 1.29 is 4.79 Å². The first-order valence-corrected chi connectivity index (χ1v) is 10.2. The molecule has 0 aromatic heterocycles. The van der Waals surface area contributed by atoms with Crippen molar-refractivity contribution in [2.24, 2.45) is 0 Å². The number of piperidine rings is 1. The quantitative estimate of drug-likeness (QED) is 0.879. The van der Waals surface area contributed by atoms with E-state index >= 15 is 0 Å². The monoisotopic (exact) mass is 358 g/mol. The van der Waals surface area contributed by atoms with E-state index in [-0.39, 0.29) is 6.03 Å². The van der Waals surface area contributed by atoms with Gasteiger partial charge in [0.25, 0.3) is 0 Å². The number of benzene rings is 1. The number of piperazine rings is 1. The standard InChI is InChI=1S/C21H34N4O/c1-18(2)24-14-16-25(17-15-24)21(26)22-10-13-23-11-8-20(9-12-23)19-6-4-3-5-7-19/h3-7,18,20H,8-17H2,1-2H3,(H,22,26). The van der Waals surface area contributed by atoms with Gasteiger partial charge in [0, 0.05) is 45.3 Å². The minimum Gasteiger partial charge on any atom is -0.337 e. The molecule has 0 aliphatic carbocycles. The van der Waals surface area contributed by atoms with Crippen LogP contribution in [0.3, 0.4) is 0 Å². The topological polar surface area (TPSA) is 38.8 Å². The molecular formula is C21H34N4O. The Morgan fingerprint density at radius 1 is 1.04 bits per heavy atom. The fourth-order valence-corrected chi connectivity index (χ4v) is 4.09. The van der Waals surface area contributed by atoms with Crippen LogP contribution in [0.25, 0.3) is 0 Å². The summed E-state index contributed by atoms with van der Waals surface area (Å²) in [5, 5.41) is 3.11. The zero-order valence-electron chi connectivity index (χ0n) is 16.4. The van der Waals surface area contributed by atoms with E-state index in [4.69, 9.17) is 0 Å². The highest BCUT2D eigenvalue weighted by Gasteiger charge is 2.23. The number of hydrogen-bond acceptors (Lipinski definition) is 3. The maximum atomic E-state index is 12.3. The van der Waals surface area contributed by atoms with Gasteiger partial charge in [-0.3, -0.25) is 4.90 Å². The second-order valence-electron chi connectivity index (χ2n) is 7.88. The molecule has 2 saturated heterocycles. The van der Waals surface area contributed by atoms with Crippen molar-refractivity contribution in [3.63, 3.8) is 0 Å². The summed E-state index contributed by atoms with van der Waals surface area (Å²) >= 11 is 0. The summed E-state index contributed by atoms with van der Waals surface area (Å²) < 4.78 is 0. The average Bonchev–Trinajstić information content (AvgIpc) is 2.69. The molecule has 2 fully saturated rings. The normalized spacial score (nSPS) is 20.5. The molecule has 0 atom stereocenters. The zero-order valence-corrected chi connectivity index (χ0v) is 16.4. The van der Waals surface area contributed by atoms with E-state index in [1.165, 1.54) is 18.4 Å². The Kier molecular flexibility index (Phi) is 6.92. The van der Waals surface area contributed by atoms with E-state index < -0.39 is 0 Å². The van der Waals surface area contributed by atoms with Gasteiger partial charge in [-0.1, -0.05) is 30.3 Å². The van der Waals surface area contributed by atoms with Crippen LogP contribution >= 0.6 is 0 Å². The molecule has 3 rings (SSSR count). The number of amides is 2. The minimum absolute atomic E-state index is 0.104. The third kappa shape index (κ3) is 5.21. The second kappa shape index (κ2) is 9.38. The lowest BCUT2D eigenvalue weighted by Crippen LogP contribution is -2.54. The van der Waals surface area contributed by atoms with Crippen LogP contribution < -0.4 is 5.32 Å². The highest BCUT2D eigenvalue weighted by atomic mass is 16.2. The van der Waals surface area contributed by atoms with Crippen LogP contribution in [0.15, 0.2) is 30.3 Å². The lowest BCUT2D eigenvalue weighted by Gasteiger charge is -2.37. The molecule has 2 aliphatic rings. The fourth-order valence-electron chi connectivity index (χ4n) is 4.09. The van der Waals surface area contributed by atoms with Gasteiger partial charge in [-0.25, -0.2) is 4.79 Å². The maximum Gasteiger partial charge on any atom is 0.317 e. The Hall–Kier alpha value is -1.59. The van der Waals surface area contributed by atoms with Crippen LogP contribution in [0.4, 0.5) is 4.79 Å². The van der Waals surface area contributed by atoms with Crippen molar-refractivity contribution >= 4 is 6.03 Å². The Morgan fingerprint density at radius 2 is 1.69 bits per heavy atom. The lowest BCUT2D eigenvalue weighted by molar-refractivity contribution is 0.118. The van der Waals surface area contributed by atoms with Gasteiger partial charge in [0.05, 0.1) is 0 Å². The van der Waals surface area contributed by atoms with Gasteiger partial charge in [0.2, 0.25) is 0 Å². The first-order valence-electron chi connectivity index (χ1n) is 10.2. The summed E-state index contributed by atoms with van der Waals surface area (Å²) in [4.78, 5) is 19.2. The highest BCUT2D eigenvalue weighted by Crippen LogP contribution is 2.27. The fraction of sp³-hybridized carbons (Fsp3) is 0.667. The van der Waals surface area contributed by atoms with Gasteiger partial charge in [0.15, 0.2) is 0 Å². The molecule has 0 spiro atoms. The van der Waals surface area contributed by atoms with Crippen LogP contribution in [0.2, 0.25) is 0 Å². The van der Waals surface area contributed by atoms with Gasteiger partial charge in [-0.2, -0.15) is 0 Å². The van der Waals surface area contributed by atoms with Crippen molar-refractivity contribution in [2.45, 2.75) is 38.6 Å². The molecule has 1 aromatic rings. The Bertz CT molecular complexity index is 546. The van der Waals surface area contributed by atoms with Gasteiger partial charge < -0.3 is 15.1 Å². The van der Waals surface area contributed by atoms with E-state index in [9.17, 15) is 4.79 Å². The number of nitrogens with zero attached hydrogens (tertiary/aromatic N) is 3. The smallest absolute Gasteiger partial charge is 0.317 e. The van der Waals surface area contributed by atoms with E-state index in [0.717, 1.165) is 52.4 Å². The van der Waals surface area contributed by atoms with E-state index in [2.05, 4.69) is 59.3 Å². The van der Waals surface area contributed by atoms with Gasteiger partial charge in [0.1, 0.15) is 0 Å². The first-order chi connectivity index (χ1) is 12.6. The van der Waals surface area contributed by atoms with Crippen LogP contribution in [-0.4, -0.2) is 79.1 Å². The SMILES string of the molecule is CC(C)N1CCN(C(=O)NCCN2CCC(c3ccccc3)CC2)CC1. The van der Waals surface area contributed by atoms with Crippen LogP contribution in [-0.2, 0) is 0 Å². The zero-order chi connectivity index (χ0) is 18.4. The predicted octanol–water partition coefficient (Wildman–Crippen LogP) is 2.60. The molecule has 1 N–H and O–H groups in total. The van der Waals surface area contributed by atoms with Gasteiger partial charge in [-0.05, 0) is 51.3 Å². The summed E-state index contributed by atoms with van der Waals surface area (Å²) in [5.41, 5.74) is 1.47. The summed E-state index contributed by atoms with van der Waals surface area (Å²) in [7, 11) is 0. The summed E-state index contributed by atoms with van der Waals surface area (Å²) in [5.74, 6) is 0.694. The summed E-state index contributed by atoms with van der Waals surface area (Å²) in [6, 6.07) is 11.5. The minimum atomic E-state index is 0.104. The molecule has 0 saturated carbocycles. The first kappa shape index (κ1) is 19.2. The third-order valence-corrected chi connectivity index (χ3v) is 5.89. The molecule has 5 nitrogen and oxygen atoms in total. The molecule has 0 radical (unpaired) electrons. The molecule has 5 heteroatoms. The van der Waals surface area contributed by atoms with Crippen molar-refractivity contribution in [1.29, 1.82) is 0 Å². The molecule has 144 valence electrons. The van der Waals surface area contributed by atoms with E-state index in [1.807, 2.05) is 4.90 Å². The maximum absolute atomic E-state index is 12.3. The van der Waals surface area contributed by atoms with Gasteiger partial charge in [-0.15, -0.1) is 0 Å². The summed E-state index contributed by atoms with van der Waals surface area (Å²) in [6.45, 7) is 12.0. The average molecular weight is 359 g/mol. The number of hydrogen-bond donors (Lipinski definition) is 1. The number of carbonyl (C=O) groups is 1. The third-order valence-electron chi connectivity index (χ3n) is 5.89. The molecule has 1 aromatic carbocycles. The molecule has 0 bridgehead atoms. The number of likely N-dealkylation sites (tertiary alicyclic amines) is 1. The Labute approximate surface area is 158 Å². The van der Waals surface area contributed by atoms with Crippen molar-refractivity contribution in [2.75, 3.05) is 52.4 Å². The molecule has 2 amide bonds. The molecular weight excluding hydrogens is 324 g/mol. The number of nitrogens with one attached hydrogen (secondary N) is 1. The number of rotatable bonds is 5. The van der Waals surface area contributed by atoms with Crippen molar-refractivity contribution in [3.05, 3.63) is 35.9 Å². The van der Waals surface area contributed by atoms with Crippen LogP contribution in [0, 0.1) is 0 Å². The highest BCUT2D eigenvalue weighted by molar-refractivity contribution is 5.74. The Morgan fingerprint density at radius 3 is 2.31 bits per heavy atom. The van der Waals surface area contributed by atoms with Crippen molar-refractivity contribution in [3.8, 4) is 0 Å². The lowest BCUT2D eigenvalue weighted by atomic mass is 9.89. The van der Waals surface area contributed by atoms with Crippen LogP contribution in [0.1, 0.15) is 38.2 Å². The largest absolute Gasteiger partial charge is 0.337 e. The molecule has 2 aliphatic heterocycles. The molecule has 0 unspecified atom stereocenters.